The highest BCUT2D eigenvalue weighted by atomic mass is 79.9. The summed E-state index contributed by atoms with van der Waals surface area (Å²) in [5.74, 6) is 0.600. The number of nitrogens with zero attached hydrogens (tertiary/aromatic N) is 1. The van der Waals surface area contributed by atoms with Crippen LogP contribution in [-0.2, 0) is 4.79 Å². The Labute approximate surface area is 141 Å². The van der Waals surface area contributed by atoms with E-state index in [4.69, 9.17) is 0 Å². The summed E-state index contributed by atoms with van der Waals surface area (Å²) in [6, 6.07) is 8.03. The Morgan fingerprint density at radius 2 is 1.86 bits per heavy atom. The minimum absolute atomic E-state index is 0.116. The van der Waals surface area contributed by atoms with Crippen molar-refractivity contribution >= 4 is 33.6 Å². The lowest BCUT2D eigenvalue weighted by Gasteiger charge is -2.17. The van der Waals surface area contributed by atoms with Crippen LogP contribution in [0.4, 0.5) is 0 Å². The van der Waals surface area contributed by atoms with Gasteiger partial charge in [0.25, 0.3) is 0 Å². The number of thioether (sulfide) groups is 1. The minimum Gasteiger partial charge on any atom is -0.355 e. The fourth-order valence-electron chi connectivity index (χ4n) is 1.96. The number of carbonyl (C=O) groups is 1. The van der Waals surface area contributed by atoms with Crippen LogP contribution >= 0.6 is 27.7 Å². The lowest BCUT2D eigenvalue weighted by Crippen LogP contribution is -2.28. The minimum atomic E-state index is 0.116. The van der Waals surface area contributed by atoms with Gasteiger partial charge in [-0.1, -0.05) is 29.8 Å². The molecule has 1 aromatic rings. The molecule has 118 valence electrons. The van der Waals surface area contributed by atoms with Crippen LogP contribution in [0, 0.1) is 0 Å². The molecule has 1 amide bonds. The van der Waals surface area contributed by atoms with E-state index in [9.17, 15) is 4.79 Å². The van der Waals surface area contributed by atoms with Gasteiger partial charge in [-0.15, -0.1) is 11.8 Å². The zero-order chi connectivity index (χ0) is 15.5. The van der Waals surface area contributed by atoms with Crippen LogP contribution in [0.25, 0.3) is 0 Å². The molecule has 1 rings (SSSR count). The molecule has 0 fully saturated rings. The molecular formula is C16H25BrN2OS. The van der Waals surface area contributed by atoms with E-state index < -0.39 is 0 Å². The first-order valence-corrected chi connectivity index (χ1v) is 9.31. The lowest BCUT2D eigenvalue weighted by atomic mass is 10.3. The first kappa shape index (κ1) is 18.5. The lowest BCUT2D eigenvalue weighted by molar-refractivity contribution is -0.118. The van der Waals surface area contributed by atoms with Crippen LogP contribution in [0.5, 0.6) is 0 Å². The van der Waals surface area contributed by atoms with Crippen LogP contribution < -0.4 is 5.32 Å². The third kappa shape index (κ3) is 8.49. The molecule has 0 radical (unpaired) electrons. The number of carbonyl (C=O) groups excluding carboxylic acids is 1. The van der Waals surface area contributed by atoms with Gasteiger partial charge in [0, 0.05) is 15.9 Å². The maximum Gasteiger partial charge on any atom is 0.230 e. The van der Waals surface area contributed by atoms with Gasteiger partial charge in [-0.25, -0.2) is 0 Å². The fourth-order valence-corrected chi connectivity index (χ4v) is 2.95. The van der Waals surface area contributed by atoms with Gasteiger partial charge in [0.05, 0.1) is 5.75 Å². The summed E-state index contributed by atoms with van der Waals surface area (Å²) in [7, 11) is 0. The smallest absolute Gasteiger partial charge is 0.230 e. The van der Waals surface area contributed by atoms with Crippen LogP contribution in [-0.4, -0.2) is 42.7 Å². The molecule has 0 aromatic heterocycles. The van der Waals surface area contributed by atoms with Gasteiger partial charge >= 0.3 is 0 Å². The zero-order valence-electron chi connectivity index (χ0n) is 12.9. The molecule has 5 heteroatoms. The van der Waals surface area contributed by atoms with Gasteiger partial charge in [-0.2, -0.15) is 0 Å². The van der Waals surface area contributed by atoms with Gasteiger partial charge in [0.2, 0.25) is 5.91 Å². The summed E-state index contributed by atoms with van der Waals surface area (Å²) in [4.78, 5) is 15.3. The first-order valence-electron chi connectivity index (χ1n) is 7.53. The number of amides is 1. The maximum atomic E-state index is 11.7. The van der Waals surface area contributed by atoms with Gasteiger partial charge in [-0.3, -0.25) is 4.79 Å². The van der Waals surface area contributed by atoms with Crippen molar-refractivity contribution in [3.63, 3.8) is 0 Å². The third-order valence-electron chi connectivity index (χ3n) is 3.30. The number of rotatable bonds is 10. The number of nitrogens with one attached hydrogen (secondary N) is 1. The van der Waals surface area contributed by atoms with E-state index in [2.05, 4.69) is 40.0 Å². The molecule has 3 nitrogen and oxygen atoms in total. The van der Waals surface area contributed by atoms with Crippen LogP contribution in [0.1, 0.15) is 26.7 Å². The Balaban J connectivity index is 2.07. The molecule has 0 saturated heterocycles. The van der Waals surface area contributed by atoms with Crippen molar-refractivity contribution in [1.82, 2.24) is 10.2 Å². The molecule has 0 spiro atoms. The summed E-state index contributed by atoms with van der Waals surface area (Å²) < 4.78 is 1.06. The Bertz CT molecular complexity index is 407. The molecule has 0 unspecified atom stereocenters. The molecule has 21 heavy (non-hydrogen) atoms. The van der Waals surface area contributed by atoms with Gasteiger partial charge in [0.1, 0.15) is 0 Å². The number of benzene rings is 1. The predicted octanol–water partition coefficient (Wildman–Crippen LogP) is 3.78. The van der Waals surface area contributed by atoms with E-state index in [1.165, 1.54) is 0 Å². The summed E-state index contributed by atoms with van der Waals surface area (Å²) in [5, 5.41) is 2.99. The molecule has 0 aliphatic carbocycles. The van der Waals surface area contributed by atoms with E-state index >= 15 is 0 Å². The Morgan fingerprint density at radius 1 is 1.19 bits per heavy atom. The Kier molecular flexibility index (Phi) is 9.79. The second-order valence-corrected chi connectivity index (χ2v) is 6.79. The Hall–Kier alpha value is -0.520. The maximum absolute atomic E-state index is 11.7. The van der Waals surface area contributed by atoms with E-state index in [0.717, 1.165) is 48.4 Å². The van der Waals surface area contributed by atoms with Crippen molar-refractivity contribution in [1.29, 1.82) is 0 Å². The average Bonchev–Trinajstić information content (AvgIpc) is 2.50. The molecular weight excluding hydrogens is 348 g/mol. The molecule has 0 saturated carbocycles. The van der Waals surface area contributed by atoms with Gasteiger partial charge in [0.15, 0.2) is 0 Å². The zero-order valence-corrected chi connectivity index (χ0v) is 15.3. The second-order valence-electron chi connectivity index (χ2n) is 4.83. The first-order chi connectivity index (χ1) is 10.2. The van der Waals surface area contributed by atoms with Crippen molar-refractivity contribution in [3.8, 4) is 0 Å². The SMILES string of the molecule is CCN(CC)CCCCNC(=O)CSc1ccc(Br)cc1. The topological polar surface area (TPSA) is 32.3 Å². The molecule has 0 aliphatic heterocycles. The van der Waals surface area contributed by atoms with Crippen molar-refractivity contribution in [3.05, 3.63) is 28.7 Å². The summed E-state index contributed by atoms with van der Waals surface area (Å²) in [6.45, 7) is 8.48. The second kappa shape index (κ2) is 11.1. The average molecular weight is 373 g/mol. The van der Waals surface area contributed by atoms with Crippen LogP contribution in [0.3, 0.4) is 0 Å². The number of halogens is 1. The molecule has 0 heterocycles. The van der Waals surface area contributed by atoms with Crippen LogP contribution in [0.15, 0.2) is 33.6 Å². The van der Waals surface area contributed by atoms with Crippen molar-refractivity contribution in [2.45, 2.75) is 31.6 Å². The molecule has 0 bridgehead atoms. The summed E-state index contributed by atoms with van der Waals surface area (Å²) >= 11 is 4.97. The fraction of sp³-hybridized carbons (Fsp3) is 0.562. The van der Waals surface area contributed by atoms with E-state index in [-0.39, 0.29) is 5.91 Å². The predicted molar refractivity (Wildman–Crippen MR) is 94.9 cm³/mol. The molecule has 1 N–H and O–H groups in total. The standard InChI is InChI=1S/C16H25BrN2OS/c1-3-19(4-2)12-6-5-11-18-16(20)13-21-15-9-7-14(17)8-10-15/h7-10H,3-6,11-13H2,1-2H3,(H,18,20). The van der Waals surface area contributed by atoms with E-state index in [1.54, 1.807) is 11.8 Å². The molecule has 0 aliphatic rings. The van der Waals surface area contributed by atoms with Crippen LogP contribution in [0.2, 0.25) is 0 Å². The van der Waals surface area contributed by atoms with E-state index in [1.807, 2.05) is 24.3 Å². The monoisotopic (exact) mass is 372 g/mol. The molecule has 1 aromatic carbocycles. The third-order valence-corrected chi connectivity index (χ3v) is 4.84. The highest BCUT2D eigenvalue weighted by Gasteiger charge is 2.03. The van der Waals surface area contributed by atoms with Crippen molar-refractivity contribution in [2.24, 2.45) is 0 Å². The highest BCUT2D eigenvalue weighted by Crippen LogP contribution is 2.20. The summed E-state index contributed by atoms with van der Waals surface area (Å²) in [5.41, 5.74) is 0. The van der Waals surface area contributed by atoms with Crippen molar-refractivity contribution in [2.75, 3.05) is 31.9 Å². The van der Waals surface area contributed by atoms with Gasteiger partial charge in [-0.05, 0) is 56.7 Å². The summed E-state index contributed by atoms with van der Waals surface area (Å²) in [6.07, 6.45) is 2.19. The van der Waals surface area contributed by atoms with Gasteiger partial charge < -0.3 is 10.2 Å². The van der Waals surface area contributed by atoms with Crippen molar-refractivity contribution < 1.29 is 4.79 Å². The van der Waals surface area contributed by atoms with E-state index in [0.29, 0.717) is 5.75 Å². The highest BCUT2D eigenvalue weighted by molar-refractivity contribution is 9.10. The number of unbranched alkanes of at least 4 members (excludes halogenated alkanes) is 1. The number of hydrogen-bond donors (Lipinski definition) is 1. The normalized spacial score (nSPS) is 10.9. The number of hydrogen-bond acceptors (Lipinski definition) is 3. The largest absolute Gasteiger partial charge is 0.355 e. The quantitative estimate of drug-likeness (QED) is 0.500. The Morgan fingerprint density at radius 3 is 2.48 bits per heavy atom. The molecule has 0 atom stereocenters.